The third-order valence-corrected chi connectivity index (χ3v) is 7.39. The molecule has 1 atom stereocenters. The first-order valence-corrected chi connectivity index (χ1v) is 13.5. The van der Waals surface area contributed by atoms with Gasteiger partial charge in [0.25, 0.3) is 0 Å². The molecule has 2 amide bonds. The Labute approximate surface area is 237 Å². The summed E-state index contributed by atoms with van der Waals surface area (Å²) in [7, 11) is 3.00. The molecule has 0 saturated heterocycles. The number of carbonyl (C=O) groups excluding carboxylic acids is 2. The number of nitrogens with one attached hydrogen (secondary N) is 1. The van der Waals surface area contributed by atoms with Crippen LogP contribution in [0.1, 0.15) is 43.7 Å². The fourth-order valence-corrected chi connectivity index (χ4v) is 5.31. The number of ether oxygens (including phenoxy) is 2. The second-order valence-electron chi connectivity index (χ2n) is 10.0. The second-order valence-corrected chi connectivity index (χ2v) is 10.0. The Bertz CT molecular complexity index is 1550. The molecule has 1 aliphatic rings. The Morgan fingerprint density at radius 2 is 1.73 bits per heavy atom. The molecule has 3 aromatic carbocycles. The van der Waals surface area contributed by atoms with Gasteiger partial charge in [0, 0.05) is 17.8 Å². The lowest BCUT2D eigenvalue weighted by Crippen LogP contribution is -2.48. The van der Waals surface area contributed by atoms with Gasteiger partial charge in [0.2, 0.25) is 11.8 Å². The molecular weight excluding hydrogens is 526 g/mol. The third kappa shape index (κ3) is 5.88. The number of phenols is 2. The highest BCUT2D eigenvalue weighted by Gasteiger charge is 2.35. The molecule has 11 heteroatoms. The zero-order valence-electron chi connectivity index (χ0n) is 23.0. The van der Waals surface area contributed by atoms with Gasteiger partial charge in [0.1, 0.15) is 18.1 Å². The predicted octanol–water partition coefficient (Wildman–Crippen LogP) is 4.08. The van der Waals surface area contributed by atoms with E-state index in [9.17, 15) is 19.8 Å². The van der Waals surface area contributed by atoms with Crippen LogP contribution in [0.5, 0.6) is 23.0 Å². The van der Waals surface area contributed by atoms with Crippen molar-refractivity contribution in [3.8, 4) is 23.0 Å². The number of aromatic nitrogens is 3. The Kier molecular flexibility index (Phi) is 8.23. The smallest absolute Gasteiger partial charge is 0.249 e. The van der Waals surface area contributed by atoms with Crippen molar-refractivity contribution in [2.45, 2.75) is 50.7 Å². The van der Waals surface area contributed by atoms with Gasteiger partial charge < -0.3 is 25.0 Å². The molecule has 1 aromatic heterocycles. The van der Waals surface area contributed by atoms with E-state index in [4.69, 9.17) is 9.47 Å². The zero-order valence-corrected chi connectivity index (χ0v) is 23.0. The largest absolute Gasteiger partial charge is 0.504 e. The number of phenolic OH excluding ortho intramolecular Hbond substituents is 2. The lowest BCUT2D eigenvalue weighted by atomic mass is 9.94. The summed E-state index contributed by atoms with van der Waals surface area (Å²) in [5.41, 5.74) is 1.99. The number of rotatable bonds is 9. The van der Waals surface area contributed by atoms with Crippen LogP contribution in [-0.2, 0) is 16.1 Å². The SMILES string of the molecule is COc1ccc(N(C(=O)Cn2nnc3ccccc32)C(C(=O)NC2CCCCC2)c2ccc(O)c(O)c2)cc1OC. The van der Waals surface area contributed by atoms with E-state index in [1.807, 2.05) is 18.2 Å². The third-order valence-electron chi connectivity index (χ3n) is 7.39. The molecule has 1 saturated carbocycles. The van der Waals surface area contributed by atoms with Crippen LogP contribution in [0, 0.1) is 0 Å². The Hall–Kier alpha value is -4.80. The maximum absolute atomic E-state index is 14.2. The fourth-order valence-electron chi connectivity index (χ4n) is 5.31. The number of hydrogen-bond donors (Lipinski definition) is 3. The van der Waals surface area contributed by atoms with Gasteiger partial charge in [-0.3, -0.25) is 14.5 Å². The number of carbonyl (C=O) groups is 2. The van der Waals surface area contributed by atoms with Crippen molar-refractivity contribution in [2.24, 2.45) is 0 Å². The number of para-hydroxylation sites is 1. The van der Waals surface area contributed by atoms with Crippen LogP contribution in [0.25, 0.3) is 11.0 Å². The highest BCUT2D eigenvalue weighted by Crippen LogP contribution is 2.38. The van der Waals surface area contributed by atoms with Gasteiger partial charge in [-0.1, -0.05) is 42.7 Å². The summed E-state index contributed by atoms with van der Waals surface area (Å²) in [6.45, 7) is -0.216. The van der Waals surface area contributed by atoms with Gasteiger partial charge in [-0.25, -0.2) is 4.68 Å². The molecule has 1 unspecified atom stereocenters. The fraction of sp³-hybridized carbons (Fsp3) is 0.333. The Morgan fingerprint density at radius 1 is 0.976 bits per heavy atom. The molecule has 3 N–H and O–H groups in total. The van der Waals surface area contributed by atoms with Crippen molar-refractivity contribution in [2.75, 3.05) is 19.1 Å². The number of nitrogens with zero attached hydrogens (tertiary/aromatic N) is 4. The van der Waals surface area contributed by atoms with Gasteiger partial charge in [-0.2, -0.15) is 0 Å². The van der Waals surface area contributed by atoms with Gasteiger partial charge in [0.15, 0.2) is 23.0 Å². The first-order valence-electron chi connectivity index (χ1n) is 13.5. The molecule has 214 valence electrons. The van der Waals surface area contributed by atoms with E-state index in [1.165, 1.54) is 42.0 Å². The molecular formula is C30H33N5O6. The van der Waals surface area contributed by atoms with E-state index in [1.54, 1.807) is 24.3 Å². The first kappa shape index (κ1) is 27.8. The maximum Gasteiger partial charge on any atom is 0.249 e. The molecule has 5 rings (SSSR count). The number of fused-ring (bicyclic) bond motifs is 1. The lowest BCUT2D eigenvalue weighted by Gasteiger charge is -2.34. The van der Waals surface area contributed by atoms with Crippen molar-refractivity contribution in [1.82, 2.24) is 20.3 Å². The van der Waals surface area contributed by atoms with E-state index in [0.717, 1.165) is 32.1 Å². The highest BCUT2D eigenvalue weighted by molar-refractivity contribution is 6.02. The minimum Gasteiger partial charge on any atom is -0.504 e. The van der Waals surface area contributed by atoms with Gasteiger partial charge in [-0.15, -0.1) is 5.10 Å². The number of aromatic hydroxyl groups is 2. The van der Waals surface area contributed by atoms with E-state index < -0.39 is 23.6 Å². The summed E-state index contributed by atoms with van der Waals surface area (Å²) in [5, 5.41) is 31.8. The summed E-state index contributed by atoms with van der Waals surface area (Å²) >= 11 is 0. The quantitative estimate of drug-likeness (QED) is 0.261. The molecule has 0 radical (unpaired) electrons. The first-order chi connectivity index (χ1) is 19.9. The Balaban J connectivity index is 1.62. The second kappa shape index (κ2) is 12.2. The van der Waals surface area contributed by atoms with E-state index in [-0.39, 0.29) is 18.3 Å². The van der Waals surface area contributed by atoms with Crippen molar-refractivity contribution in [1.29, 1.82) is 0 Å². The maximum atomic E-state index is 14.2. The van der Waals surface area contributed by atoms with E-state index >= 15 is 0 Å². The summed E-state index contributed by atoms with van der Waals surface area (Å²) < 4.78 is 12.4. The Morgan fingerprint density at radius 3 is 2.46 bits per heavy atom. The minimum atomic E-state index is -1.19. The van der Waals surface area contributed by atoms with Gasteiger partial charge in [-0.05, 0) is 54.8 Å². The van der Waals surface area contributed by atoms with Gasteiger partial charge in [0.05, 0.1) is 19.7 Å². The molecule has 0 spiro atoms. The number of anilines is 1. The monoisotopic (exact) mass is 559 g/mol. The molecule has 1 aliphatic carbocycles. The highest BCUT2D eigenvalue weighted by atomic mass is 16.5. The average molecular weight is 560 g/mol. The van der Waals surface area contributed by atoms with Crippen LogP contribution >= 0.6 is 0 Å². The molecule has 4 aromatic rings. The van der Waals surface area contributed by atoms with Crippen LogP contribution in [-0.4, -0.2) is 57.3 Å². The van der Waals surface area contributed by atoms with E-state index in [2.05, 4.69) is 15.6 Å². The summed E-state index contributed by atoms with van der Waals surface area (Å²) in [6, 6.07) is 15.1. The normalized spacial score (nSPS) is 14.4. The number of methoxy groups -OCH3 is 2. The van der Waals surface area contributed by atoms with E-state index in [0.29, 0.717) is 33.8 Å². The topological polar surface area (TPSA) is 139 Å². The van der Waals surface area contributed by atoms with Crippen molar-refractivity contribution < 1.29 is 29.3 Å². The minimum absolute atomic E-state index is 0.0360. The number of benzene rings is 3. The molecule has 1 fully saturated rings. The predicted molar refractivity (Wildman–Crippen MR) is 152 cm³/mol. The standard InChI is InChI=1S/C30H33N5O6/c1-40-26-15-13-21(17-27(26)41-2)35(28(38)18-34-23-11-7-6-10-22(23)32-33-34)29(19-12-14-24(36)25(37)16-19)30(39)31-20-8-4-3-5-9-20/h6-7,10-17,20,29,36-37H,3-5,8-9,18H2,1-2H3,(H,31,39). The molecule has 0 bridgehead atoms. The van der Waals surface area contributed by atoms with Crippen LogP contribution < -0.4 is 19.7 Å². The van der Waals surface area contributed by atoms with Crippen LogP contribution in [0.3, 0.4) is 0 Å². The number of amides is 2. The molecule has 1 heterocycles. The van der Waals surface area contributed by atoms with Crippen molar-refractivity contribution >= 4 is 28.5 Å². The van der Waals surface area contributed by atoms with Crippen LogP contribution in [0.4, 0.5) is 5.69 Å². The average Bonchev–Trinajstić information content (AvgIpc) is 3.40. The zero-order chi connectivity index (χ0) is 28.9. The van der Waals surface area contributed by atoms with Gasteiger partial charge >= 0.3 is 0 Å². The molecule has 11 nitrogen and oxygen atoms in total. The number of hydrogen-bond acceptors (Lipinski definition) is 8. The lowest BCUT2D eigenvalue weighted by molar-refractivity contribution is -0.127. The van der Waals surface area contributed by atoms with Crippen LogP contribution in [0.2, 0.25) is 0 Å². The molecule has 41 heavy (non-hydrogen) atoms. The summed E-state index contributed by atoms with van der Waals surface area (Å²) in [5.74, 6) is -0.776. The molecule has 0 aliphatic heterocycles. The van der Waals surface area contributed by atoms with Crippen molar-refractivity contribution in [3.05, 3.63) is 66.2 Å². The van der Waals surface area contributed by atoms with Crippen LogP contribution in [0.15, 0.2) is 60.7 Å². The summed E-state index contributed by atoms with van der Waals surface area (Å²) in [6.07, 6.45) is 4.81. The summed E-state index contributed by atoms with van der Waals surface area (Å²) in [4.78, 5) is 29.7. The van der Waals surface area contributed by atoms with Crippen molar-refractivity contribution in [3.63, 3.8) is 0 Å².